The average molecular weight is 332 g/mol. The number of hydrogen-bond acceptors (Lipinski definition) is 5. The number of methoxy groups -OCH3 is 3. The van der Waals surface area contributed by atoms with E-state index in [1.165, 1.54) is 11.8 Å². The van der Waals surface area contributed by atoms with Gasteiger partial charge in [-0.25, -0.2) is 0 Å². The molecule has 0 spiro atoms. The Labute approximate surface area is 140 Å². The summed E-state index contributed by atoms with van der Waals surface area (Å²) >= 11 is 1.49. The van der Waals surface area contributed by atoms with Gasteiger partial charge >= 0.3 is 0 Å². The maximum atomic E-state index is 12.8. The molecule has 1 atom stereocenters. The van der Waals surface area contributed by atoms with Crippen LogP contribution in [-0.2, 0) is 0 Å². The zero-order valence-corrected chi connectivity index (χ0v) is 14.5. The van der Waals surface area contributed by atoms with Gasteiger partial charge in [0.2, 0.25) is 0 Å². The number of thioether (sulfide) groups is 1. The second-order valence-corrected chi connectivity index (χ2v) is 5.77. The fraction of sp³-hybridized carbons (Fsp3) is 0.278. The lowest BCUT2D eigenvalue weighted by molar-refractivity contribution is 0.0989. The minimum absolute atomic E-state index is 0.0485. The second-order valence-electron chi connectivity index (χ2n) is 4.82. The van der Waals surface area contributed by atoms with Gasteiger partial charge in [-0.05, 0) is 48.2 Å². The first-order valence-electron chi connectivity index (χ1n) is 7.07. The summed E-state index contributed by atoms with van der Waals surface area (Å²) in [5.74, 6) is 2.04. The molecule has 122 valence electrons. The van der Waals surface area contributed by atoms with Crippen LogP contribution in [0.25, 0.3) is 0 Å². The Morgan fingerprint density at radius 1 is 0.913 bits per heavy atom. The van der Waals surface area contributed by atoms with Gasteiger partial charge in [-0.15, -0.1) is 11.8 Å². The summed E-state index contributed by atoms with van der Waals surface area (Å²) in [4.78, 5) is 12.8. The van der Waals surface area contributed by atoms with Crippen LogP contribution in [0.5, 0.6) is 17.2 Å². The largest absolute Gasteiger partial charge is 0.497 e. The van der Waals surface area contributed by atoms with Crippen molar-refractivity contribution in [1.82, 2.24) is 0 Å². The first kappa shape index (κ1) is 17.2. The highest BCUT2D eigenvalue weighted by molar-refractivity contribution is 7.99. The van der Waals surface area contributed by atoms with Crippen LogP contribution in [0, 0.1) is 0 Å². The molecular weight excluding hydrogens is 312 g/mol. The third kappa shape index (κ3) is 3.79. The van der Waals surface area contributed by atoms with Gasteiger partial charge in [0.25, 0.3) is 0 Å². The zero-order chi connectivity index (χ0) is 16.8. The fourth-order valence-electron chi connectivity index (χ4n) is 2.32. The summed E-state index contributed by atoms with van der Waals surface area (Å²) in [7, 11) is 4.78. The van der Waals surface area contributed by atoms with Crippen LogP contribution in [0.2, 0.25) is 0 Å². The molecule has 0 aromatic heterocycles. The summed E-state index contributed by atoms with van der Waals surface area (Å²) in [5.41, 5.74) is 1.54. The second kappa shape index (κ2) is 7.92. The number of rotatable bonds is 7. The van der Waals surface area contributed by atoms with E-state index in [0.717, 1.165) is 11.3 Å². The van der Waals surface area contributed by atoms with Crippen molar-refractivity contribution in [2.24, 2.45) is 0 Å². The molecule has 23 heavy (non-hydrogen) atoms. The molecule has 5 heteroatoms. The highest BCUT2D eigenvalue weighted by Crippen LogP contribution is 2.36. The molecule has 0 bridgehead atoms. The Morgan fingerprint density at radius 3 is 2.09 bits per heavy atom. The van der Waals surface area contributed by atoms with E-state index in [-0.39, 0.29) is 11.0 Å². The van der Waals surface area contributed by atoms with Crippen molar-refractivity contribution >= 4 is 17.5 Å². The van der Waals surface area contributed by atoms with Gasteiger partial charge in [0.05, 0.1) is 26.6 Å². The number of ether oxygens (including phenoxy) is 3. The first-order chi connectivity index (χ1) is 11.1. The van der Waals surface area contributed by atoms with Gasteiger partial charge in [-0.3, -0.25) is 4.79 Å². The van der Waals surface area contributed by atoms with E-state index in [4.69, 9.17) is 14.2 Å². The Balaban J connectivity index is 2.32. The van der Waals surface area contributed by atoms with Crippen LogP contribution in [0.1, 0.15) is 21.2 Å². The molecule has 0 N–H and O–H groups in total. The Kier molecular flexibility index (Phi) is 5.93. The van der Waals surface area contributed by atoms with E-state index in [0.29, 0.717) is 17.1 Å². The first-order valence-corrected chi connectivity index (χ1v) is 8.36. The zero-order valence-electron chi connectivity index (χ0n) is 13.7. The molecule has 1 unspecified atom stereocenters. The molecule has 0 amide bonds. The van der Waals surface area contributed by atoms with Crippen LogP contribution in [-0.4, -0.2) is 33.4 Å². The number of hydrogen-bond donors (Lipinski definition) is 0. The predicted molar refractivity (Wildman–Crippen MR) is 93.1 cm³/mol. The van der Waals surface area contributed by atoms with Crippen molar-refractivity contribution in [3.05, 3.63) is 53.6 Å². The molecule has 0 heterocycles. The molecule has 2 rings (SSSR count). The number of benzene rings is 2. The summed E-state index contributed by atoms with van der Waals surface area (Å²) in [6, 6.07) is 12.7. The predicted octanol–water partition coefficient (Wildman–Crippen LogP) is 4.00. The van der Waals surface area contributed by atoms with E-state index < -0.39 is 0 Å². The van der Waals surface area contributed by atoms with E-state index in [1.807, 2.05) is 24.5 Å². The monoisotopic (exact) mass is 332 g/mol. The van der Waals surface area contributed by atoms with Crippen molar-refractivity contribution in [1.29, 1.82) is 0 Å². The SMILES string of the molecule is COc1ccc(C(=O)C(SC)c2ccc(OC)c(OC)c2)cc1. The molecule has 0 aliphatic rings. The molecule has 0 aliphatic heterocycles. The van der Waals surface area contributed by atoms with E-state index >= 15 is 0 Å². The van der Waals surface area contributed by atoms with E-state index in [2.05, 4.69) is 0 Å². The highest BCUT2D eigenvalue weighted by atomic mass is 32.2. The third-order valence-corrected chi connectivity index (χ3v) is 4.52. The van der Waals surface area contributed by atoms with Gasteiger partial charge < -0.3 is 14.2 Å². The lowest BCUT2D eigenvalue weighted by Crippen LogP contribution is -2.10. The number of Topliss-reactive ketones (excluding diaryl/α,β-unsaturated/α-hetero) is 1. The number of carbonyl (C=O) groups is 1. The van der Waals surface area contributed by atoms with Crippen molar-refractivity contribution in [3.63, 3.8) is 0 Å². The van der Waals surface area contributed by atoms with Crippen LogP contribution in [0.4, 0.5) is 0 Å². The Hall–Kier alpha value is -2.14. The van der Waals surface area contributed by atoms with Gasteiger partial charge in [0.1, 0.15) is 5.75 Å². The smallest absolute Gasteiger partial charge is 0.180 e. The molecule has 0 saturated heterocycles. The standard InChI is InChI=1S/C18H20O4S/c1-20-14-8-5-12(6-9-14)17(19)18(23-4)13-7-10-15(21-2)16(11-13)22-3/h5-11,18H,1-4H3. The lowest BCUT2D eigenvalue weighted by Gasteiger charge is -2.16. The quantitative estimate of drug-likeness (QED) is 0.717. The number of carbonyl (C=O) groups excluding carboxylic acids is 1. The van der Waals surface area contributed by atoms with Crippen LogP contribution < -0.4 is 14.2 Å². The highest BCUT2D eigenvalue weighted by Gasteiger charge is 2.22. The van der Waals surface area contributed by atoms with Crippen molar-refractivity contribution in [2.75, 3.05) is 27.6 Å². The Morgan fingerprint density at radius 2 is 1.57 bits per heavy atom. The lowest BCUT2D eigenvalue weighted by atomic mass is 10.0. The summed E-state index contributed by atoms with van der Waals surface area (Å²) < 4.78 is 15.7. The molecule has 0 saturated carbocycles. The summed E-state index contributed by atoms with van der Waals surface area (Å²) in [5, 5.41) is -0.303. The molecular formula is C18H20O4S. The Bertz CT molecular complexity index is 667. The van der Waals surface area contributed by atoms with Gasteiger partial charge in [0.15, 0.2) is 17.3 Å². The van der Waals surface area contributed by atoms with E-state index in [9.17, 15) is 4.79 Å². The van der Waals surface area contributed by atoms with Gasteiger partial charge in [-0.2, -0.15) is 0 Å². The minimum Gasteiger partial charge on any atom is -0.497 e. The third-order valence-electron chi connectivity index (χ3n) is 3.56. The van der Waals surface area contributed by atoms with Crippen LogP contribution in [0.15, 0.2) is 42.5 Å². The molecule has 2 aromatic rings. The molecule has 0 fully saturated rings. The van der Waals surface area contributed by atoms with Crippen LogP contribution in [0.3, 0.4) is 0 Å². The number of ketones is 1. The molecule has 0 radical (unpaired) electrons. The van der Waals surface area contributed by atoms with Crippen LogP contribution >= 0.6 is 11.8 Å². The van der Waals surface area contributed by atoms with Crippen molar-refractivity contribution < 1.29 is 19.0 Å². The minimum atomic E-state index is -0.303. The maximum Gasteiger partial charge on any atom is 0.180 e. The van der Waals surface area contributed by atoms with Crippen molar-refractivity contribution in [2.45, 2.75) is 5.25 Å². The maximum absolute atomic E-state index is 12.8. The summed E-state index contributed by atoms with van der Waals surface area (Å²) in [6.45, 7) is 0. The van der Waals surface area contributed by atoms with Gasteiger partial charge in [-0.1, -0.05) is 6.07 Å². The topological polar surface area (TPSA) is 44.8 Å². The average Bonchev–Trinajstić information content (AvgIpc) is 2.62. The molecule has 0 aliphatic carbocycles. The molecule has 4 nitrogen and oxygen atoms in total. The van der Waals surface area contributed by atoms with Crippen molar-refractivity contribution in [3.8, 4) is 17.2 Å². The molecule has 2 aromatic carbocycles. The van der Waals surface area contributed by atoms with Gasteiger partial charge in [0, 0.05) is 5.56 Å². The summed E-state index contributed by atoms with van der Waals surface area (Å²) in [6.07, 6.45) is 1.92. The fourth-order valence-corrected chi connectivity index (χ4v) is 3.09. The normalized spacial score (nSPS) is 11.7. The van der Waals surface area contributed by atoms with E-state index in [1.54, 1.807) is 45.6 Å².